The Hall–Kier alpha value is -1.36. The van der Waals surface area contributed by atoms with Gasteiger partial charge in [0.15, 0.2) is 0 Å². The van der Waals surface area contributed by atoms with Crippen LogP contribution in [-0.4, -0.2) is 37.5 Å². The zero-order valence-corrected chi connectivity index (χ0v) is 16.2. The summed E-state index contributed by atoms with van der Waals surface area (Å²) in [5, 5.41) is 0. The van der Waals surface area contributed by atoms with Crippen LogP contribution in [-0.2, 0) is 14.3 Å². The first-order valence-corrected chi connectivity index (χ1v) is 9.89. The molecule has 0 unspecified atom stereocenters. The van der Waals surface area contributed by atoms with Crippen LogP contribution < -0.4 is 0 Å². The molecule has 0 spiro atoms. The number of unbranched alkanes of at least 4 members (excludes halogenated alkanes) is 6. The molecule has 0 bridgehead atoms. The Morgan fingerprint density at radius 2 is 1.08 bits per heavy atom. The molecule has 0 aromatic carbocycles. The van der Waals surface area contributed by atoms with Gasteiger partial charge in [0.25, 0.3) is 0 Å². The molecule has 0 atom stereocenters. The maximum Gasteiger partial charge on any atom is 0.245 e. The lowest BCUT2D eigenvalue weighted by Gasteiger charge is -2.04. The van der Waals surface area contributed by atoms with Crippen molar-refractivity contribution in [3.05, 3.63) is 0 Å². The van der Waals surface area contributed by atoms with Gasteiger partial charge >= 0.3 is 0 Å². The van der Waals surface area contributed by atoms with Gasteiger partial charge in [-0.1, -0.05) is 39.5 Å². The molecule has 5 nitrogen and oxygen atoms in total. The fourth-order valence-electron chi connectivity index (χ4n) is 2.29. The van der Waals surface area contributed by atoms with E-state index in [0.29, 0.717) is 12.8 Å². The lowest BCUT2D eigenvalue weighted by atomic mass is 10.1. The predicted molar refractivity (Wildman–Crippen MR) is 105 cm³/mol. The molecule has 0 aliphatic heterocycles. The second kappa shape index (κ2) is 19.0. The molecular weight excluding hydrogens is 316 g/mol. The van der Waals surface area contributed by atoms with Crippen molar-refractivity contribution in [3.8, 4) is 0 Å². The predicted octanol–water partition coefficient (Wildman–Crippen LogP) is 4.92. The van der Waals surface area contributed by atoms with Crippen molar-refractivity contribution in [2.24, 2.45) is 9.98 Å². The molecule has 0 heterocycles. The van der Waals surface area contributed by atoms with E-state index in [-0.39, 0.29) is 11.8 Å². The summed E-state index contributed by atoms with van der Waals surface area (Å²) in [5.74, 6) is -0.00562. The number of hydrogen-bond acceptors (Lipinski definition) is 3. The molecular formula is C20H36N2O3. The largest absolute Gasteiger partial charge is 0.381 e. The van der Waals surface area contributed by atoms with Crippen LogP contribution in [0.4, 0.5) is 0 Å². The van der Waals surface area contributed by atoms with Gasteiger partial charge in [0, 0.05) is 38.5 Å². The Balaban J connectivity index is 3.21. The van der Waals surface area contributed by atoms with E-state index in [1.807, 2.05) is 13.8 Å². The molecule has 5 heteroatoms. The molecule has 0 aromatic rings. The van der Waals surface area contributed by atoms with Crippen LogP contribution in [0.2, 0.25) is 0 Å². The maximum atomic E-state index is 11.3. The van der Waals surface area contributed by atoms with E-state index < -0.39 is 0 Å². The highest BCUT2D eigenvalue weighted by Crippen LogP contribution is 2.06. The van der Waals surface area contributed by atoms with Gasteiger partial charge in [-0.2, -0.15) is 0 Å². The van der Waals surface area contributed by atoms with Gasteiger partial charge in [-0.25, -0.2) is 9.98 Å². The highest BCUT2D eigenvalue weighted by molar-refractivity contribution is 5.85. The third kappa shape index (κ3) is 18.8. The number of ether oxygens (including phenoxy) is 1. The summed E-state index contributed by atoms with van der Waals surface area (Å²) in [6, 6.07) is 0. The SMILES string of the molecule is CCC=NC(=O)CCCCCCOCCCCCCC(=O)N=CCC. The van der Waals surface area contributed by atoms with E-state index in [1.54, 1.807) is 12.4 Å². The number of nitrogens with zero attached hydrogens (tertiary/aromatic N) is 2. The standard InChI is InChI=1S/C20H36N2O3/c1-3-15-21-19(23)13-9-5-7-11-17-25-18-12-8-6-10-14-20(24)22-16-4-2/h15-16H,3-14,17-18H2,1-2H3. The number of rotatable bonds is 16. The van der Waals surface area contributed by atoms with Crippen molar-refractivity contribution < 1.29 is 14.3 Å². The summed E-state index contributed by atoms with van der Waals surface area (Å²) >= 11 is 0. The summed E-state index contributed by atoms with van der Waals surface area (Å²) in [7, 11) is 0. The Bertz CT molecular complexity index is 356. The van der Waals surface area contributed by atoms with Crippen LogP contribution in [0.25, 0.3) is 0 Å². The average molecular weight is 353 g/mol. The van der Waals surface area contributed by atoms with Crippen molar-refractivity contribution in [1.82, 2.24) is 0 Å². The van der Waals surface area contributed by atoms with Crippen molar-refractivity contribution in [3.63, 3.8) is 0 Å². The lowest BCUT2D eigenvalue weighted by molar-refractivity contribution is -0.118. The van der Waals surface area contributed by atoms with Gasteiger partial charge in [0.1, 0.15) is 0 Å². The molecule has 0 N–H and O–H groups in total. The second-order valence-corrected chi connectivity index (χ2v) is 6.17. The first kappa shape index (κ1) is 23.6. The fourth-order valence-corrected chi connectivity index (χ4v) is 2.29. The van der Waals surface area contributed by atoms with Gasteiger partial charge in [0.2, 0.25) is 11.8 Å². The highest BCUT2D eigenvalue weighted by Gasteiger charge is 1.99. The van der Waals surface area contributed by atoms with Crippen molar-refractivity contribution in [2.75, 3.05) is 13.2 Å². The van der Waals surface area contributed by atoms with Gasteiger partial charge < -0.3 is 4.74 Å². The molecule has 0 saturated heterocycles. The summed E-state index contributed by atoms with van der Waals surface area (Å²) < 4.78 is 5.61. The first-order chi connectivity index (χ1) is 12.2. The molecule has 0 radical (unpaired) electrons. The molecule has 2 amide bonds. The molecule has 0 saturated carbocycles. The third-order valence-electron chi connectivity index (χ3n) is 3.69. The second-order valence-electron chi connectivity index (χ2n) is 6.17. The topological polar surface area (TPSA) is 68.1 Å². The Morgan fingerprint density at radius 3 is 1.48 bits per heavy atom. The van der Waals surface area contributed by atoms with Gasteiger partial charge in [-0.15, -0.1) is 0 Å². The van der Waals surface area contributed by atoms with Crippen LogP contribution >= 0.6 is 0 Å². The fraction of sp³-hybridized carbons (Fsp3) is 0.800. The summed E-state index contributed by atoms with van der Waals surface area (Å²) in [6.45, 7) is 5.54. The van der Waals surface area contributed by atoms with Crippen LogP contribution in [0.5, 0.6) is 0 Å². The molecule has 0 rings (SSSR count). The van der Waals surface area contributed by atoms with Crippen LogP contribution in [0.1, 0.15) is 90.9 Å². The molecule has 0 aliphatic rings. The number of amides is 2. The lowest BCUT2D eigenvalue weighted by Crippen LogP contribution is -1.98. The summed E-state index contributed by atoms with van der Waals surface area (Å²) in [6.07, 6.45) is 14.4. The molecule has 0 aromatic heterocycles. The summed E-state index contributed by atoms with van der Waals surface area (Å²) in [5.41, 5.74) is 0. The molecule has 0 fully saturated rings. The number of carbonyl (C=O) groups excluding carboxylic acids is 2. The number of aliphatic imine (C=N–C) groups is 2. The van der Waals surface area contributed by atoms with Crippen LogP contribution in [0.15, 0.2) is 9.98 Å². The monoisotopic (exact) mass is 352 g/mol. The van der Waals surface area contributed by atoms with Crippen LogP contribution in [0, 0.1) is 0 Å². The average Bonchev–Trinajstić information content (AvgIpc) is 2.61. The molecule has 0 aliphatic carbocycles. The zero-order chi connectivity index (χ0) is 18.6. The van der Waals surface area contributed by atoms with Crippen molar-refractivity contribution in [1.29, 1.82) is 0 Å². The Labute approximate surface area is 153 Å². The quantitative estimate of drug-likeness (QED) is 0.292. The normalized spacial score (nSPS) is 11.6. The minimum absolute atomic E-state index is 0.00281. The van der Waals surface area contributed by atoms with Gasteiger partial charge in [0.05, 0.1) is 0 Å². The minimum atomic E-state index is -0.00281. The van der Waals surface area contributed by atoms with Crippen molar-refractivity contribution >= 4 is 24.2 Å². The van der Waals surface area contributed by atoms with E-state index in [4.69, 9.17) is 4.74 Å². The van der Waals surface area contributed by atoms with Crippen LogP contribution in [0.3, 0.4) is 0 Å². The van der Waals surface area contributed by atoms with E-state index in [9.17, 15) is 9.59 Å². The Kier molecular flexibility index (Phi) is 17.9. The van der Waals surface area contributed by atoms with Gasteiger partial charge in [-0.05, 0) is 38.5 Å². The summed E-state index contributed by atoms with van der Waals surface area (Å²) in [4.78, 5) is 30.3. The number of hydrogen-bond donors (Lipinski definition) is 0. The molecule has 144 valence electrons. The van der Waals surface area contributed by atoms with E-state index in [1.165, 1.54) is 0 Å². The maximum absolute atomic E-state index is 11.3. The zero-order valence-electron chi connectivity index (χ0n) is 16.2. The van der Waals surface area contributed by atoms with Gasteiger partial charge in [-0.3, -0.25) is 9.59 Å². The smallest absolute Gasteiger partial charge is 0.245 e. The molecule has 25 heavy (non-hydrogen) atoms. The first-order valence-electron chi connectivity index (χ1n) is 9.89. The highest BCUT2D eigenvalue weighted by atomic mass is 16.5. The van der Waals surface area contributed by atoms with E-state index in [2.05, 4.69) is 9.98 Å². The third-order valence-corrected chi connectivity index (χ3v) is 3.69. The minimum Gasteiger partial charge on any atom is -0.381 e. The van der Waals surface area contributed by atoms with E-state index in [0.717, 1.165) is 77.4 Å². The Morgan fingerprint density at radius 1 is 0.680 bits per heavy atom. The van der Waals surface area contributed by atoms with E-state index >= 15 is 0 Å². The van der Waals surface area contributed by atoms with Crippen molar-refractivity contribution in [2.45, 2.75) is 90.9 Å². The number of carbonyl (C=O) groups is 2.